The van der Waals surface area contributed by atoms with Crippen LogP contribution in [0.25, 0.3) is 0 Å². The Morgan fingerprint density at radius 1 is 1.06 bits per heavy atom. The average Bonchev–Trinajstić information content (AvgIpc) is 2.26. The minimum absolute atomic E-state index is 0.0996. The predicted molar refractivity (Wildman–Crippen MR) is 74.0 cm³/mol. The van der Waals surface area contributed by atoms with Gasteiger partial charge in [0.15, 0.2) is 0 Å². The summed E-state index contributed by atoms with van der Waals surface area (Å²) >= 11 is 0. The number of hydrogen-bond acceptors (Lipinski definition) is 2. The highest BCUT2D eigenvalue weighted by atomic mass is 16.2. The molecule has 3 nitrogen and oxygen atoms in total. The molecule has 0 aromatic heterocycles. The fourth-order valence-electron chi connectivity index (χ4n) is 1.84. The first-order chi connectivity index (χ1) is 7.90. The van der Waals surface area contributed by atoms with Crippen molar-refractivity contribution in [3.05, 3.63) is 0 Å². The van der Waals surface area contributed by atoms with Crippen LogP contribution in [0.5, 0.6) is 0 Å². The maximum atomic E-state index is 11.8. The van der Waals surface area contributed by atoms with Gasteiger partial charge in [0.2, 0.25) is 5.91 Å². The normalized spacial score (nSPS) is 16.6. The van der Waals surface area contributed by atoms with Gasteiger partial charge >= 0.3 is 0 Å². The van der Waals surface area contributed by atoms with E-state index in [-0.39, 0.29) is 18.0 Å². The molecule has 102 valence electrons. The van der Waals surface area contributed by atoms with Crippen molar-refractivity contribution in [3.63, 3.8) is 0 Å². The molecule has 3 atom stereocenters. The van der Waals surface area contributed by atoms with Gasteiger partial charge < -0.3 is 10.6 Å². The Morgan fingerprint density at radius 2 is 1.65 bits per heavy atom. The van der Waals surface area contributed by atoms with Gasteiger partial charge in [-0.2, -0.15) is 0 Å². The van der Waals surface area contributed by atoms with Gasteiger partial charge in [0.25, 0.3) is 0 Å². The summed E-state index contributed by atoms with van der Waals surface area (Å²) in [6.07, 6.45) is 3.42. The van der Waals surface area contributed by atoms with Gasteiger partial charge in [0, 0.05) is 12.1 Å². The molecule has 0 rings (SSSR count). The summed E-state index contributed by atoms with van der Waals surface area (Å²) in [5.41, 5.74) is 0. The van der Waals surface area contributed by atoms with Crippen molar-refractivity contribution in [2.75, 3.05) is 0 Å². The molecule has 3 heteroatoms. The average molecular weight is 242 g/mol. The zero-order valence-electron chi connectivity index (χ0n) is 12.3. The van der Waals surface area contributed by atoms with Gasteiger partial charge in [0.05, 0.1) is 6.04 Å². The van der Waals surface area contributed by atoms with Crippen molar-refractivity contribution < 1.29 is 4.79 Å². The molecule has 3 unspecified atom stereocenters. The second-order valence-corrected chi connectivity index (χ2v) is 5.41. The monoisotopic (exact) mass is 242 g/mol. The number of rotatable bonds is 8. The summed E-state index contributed by atoms with van der Waals surface area (Å²) in [4.78, 5) is 11.8. The standard InChI is InChI=1S/C14H30N2O/c1-7-11(5)9-13(8-2)16-12(6)14(17)15-10(3)4/h10-13,16H,7-9H2,1-6H3,(H,15,17). The molecule has 0 saturated heterocycles. The smallest absolute Gasteiger partial charge is 0.237 e. The van der Waals surface area contributed by atoms with Gasteiger partial charge in [0.1, 0.15) is 0 Å². The summed E-state index contributed by atoms with van der Waals surface area (Å²) in [7, 11) is 0. The predicted octanol–water partition coefficient (Wildman–Crippen LogP) is 2.70. The van der Waals surface area contributed by atoms with E-state index < -0.39 is 0 Å². The highest BCUT2D eigenvalue weighted by Crippen LogP contribution is 2.12. The molecule has 0 aromatic rings. The molecule has 0 spiro atoms. The Kier molecular flexibility index (Phi) is 8.23. The van der Waals surface area contributed by atoms with Crippen LogP contribution in [0.3, 0.4) is 0 Å². The van der Waals surface area contributed by atoms with Crippen LogP contribution >= 0.6 is 0 Å². The summed E-state index contributed by atoms with van der Waals surface area (Å²) in [5.74, 6) is 0.815. The molecule has 0 bridgehead atoms. The summed E-state index contributed by atoms with van der Waals surface area (Å²) in [5, 5.41) is 6.36. The molecule has 0 aliphatic carbocycles. The Labute approximate surface area is 107 Å². The molecule has 0 fully saturated rings. The number of nitrogens with one attached hydrogen (secondary N) is 2. The molecule has 2 N–H and O–H groups in total. The van der Waals surface area contributed by atoms with E-state index >= 15 is 0 Å². The van der Waals surface area contributed by atoms with Gasteiger partial charge in [-0.15, -0.1) is 0 Å². The Bertz CT molecular complexity index is 216. The lowest BCUT2D eigenvalue weighted by molar-refractivity contribution is -0.123. The summed E-state index contributed by atoms with van der Waals surface area (Å²) in [6, 6.07) is 0.547. The van der Waals surface area contributed by atoms with Crippen molar-refractivity contribution in [3.8, 4) is 0 Å². The van der Waals surface area contributed by atoms with Crippen molar-refractivity contribution in [2.45, 2.75) is 78.9 Å². The zero-order chi connectivity index (χ0) is 13.4. The number of hydrogen-bond donors (Lipinski definition) is 2. The maximum absolute atomic E-state index is 11.8. The highest BCUT2D eigenvalue weighted by molar-refractivity contribution is 5.81. The van der Waals surface area contributed by atoms with Gasteiger partial charge in [-0.3, -0.25) is 4.79 Å². The fraction of sp³-hybridized carbons (Fsp3) is 0.929. The van der Waals surface area contributed by atoms with E-state index in [1.807, 2.05) is 20.8 Å². The van der Waals surface area contributed by atoms with Crippen LogP contribution in [-0.4, -0.2) is 24.0 Å². The molecule has 17 heavy (non-hydrogen) atoms. The Balaban J connectivity index is 4.13. The molecular weight excluding hydrogens is 212 g/mol. The molecule has 0 heterocycles. The molecule has 0 aromatic carbocycles. The fourth-order valence-corrected chi connectivity index (χ4v) is 1.84. The first-order valence-electron chi connectivity index (χ1n) is 6.97. The second kappa shape index (κ2) is 8.51. The Hall–Kier alpha value is -0.570. The van der Waals surface area contributed by atoms with Crippen LogP contribution in [0.4, 0.5) is 0 Å². The van der Waals surface area contributed by atoms with Crippen molar-refractivity contribution >= 4 is 5.91 Å². The van der Waals surface area contributed by atoms with Crippen LogP contribution in [-0.2, 0) is 4.79 Å². The zero-order valence-corrected chi connectivity index (χ0v) is 12.3. The number of amides is 1. The van der Waals surface area contributed by atoms with Crippen molar-refractivity contribution in [1.82, 2.24) is 10.6 Å². The van der Waals surface area contributed by atoms with E-state index in [0.717, 1.165) is 12.8 Å². The van der Waals surface area contributed by atoms with Crippen LogP contribution in [0.1, 0.15) is 60.8 Å². The minimum atomic E-state index is -0.105. The van der Waals surface area contributed by atoms with E-state index in [1.54, 1.807) is 0 Å². The van der Waals surface area contributed by atoms with Crippen LogP contribution in [0, 0.1) is 5.92 Å². The van der Waals surface area contributed by atoms with E-state index in [4.69, 9.17) is 0 Å². The number of carbonyl (C=O) groups excluding carboxylic acids is 1. The van der Waals surface area contributed by atoms with E-state index in [1.165, 1.54) is 6.42 Å². The molecule has 0 saturated carbocycles. The highest BCUT2D eigenvalue weighted by Gasteiger charge is 2.18. The SMILES string of the molecule is CCC(C)CC(CC)NC(C)C(=O)NC(C)C. The molecule has 0 aliphatic rings. The largest absolute Gasteiger partial charge is 0.353 e. The van der Waals surface area contributed by atoms with E-state index in [2.05, 4.69) is 31.4 Å². The third-order valence-electron chi connectivity index (χ3n) is 3.19. The topological polar surface area (TPSA) is 41.1 Å². The van der Waals surface area contributed by atoms with E-state index in [9.17, 15) is 4.79 Å². The second-order valence-electron chi connectivity index (χ2n) is 5.41. The van der Waals surface area contributed by atoms with Gasteiger partial charge in [-0.1, -0.05) is 27.2 Å². The van der Waals surface area contributed by atoms with E-state index in [0.29, 0.717) is 12.0 Å². The Morgan fingerprint density at radius 3 is 2.06 bits per heavy atom. The van der Waals surface area contributed by atoms with Crippen molar-refractivity contribution in [2.24, 2.45) is 5.92 Å². The van der Waals surface area contributed by atoms with Crippen LogP contribution < -0.4 is 10.6 Å². The van der Waals surface area contributed by atoms with Gasteiger partial charge in [-0.25, -0.2) is 0 Å². The first kappa shape index (κ1) is 16.4. The lowest BCUT2D eigenvalue weighted by Gasteiger charge is -2.24. The molecule has 1 amide bonds. The van der Waals surface area contributed by atoms with Crippen LogP contribution in [0.15, 0.2) is 0 Å². The summed E-state index contributed by atoms with van der Waals surface area (Å²) in [6.45, 7) is 12.6. The third-order valence-corrected chi connectivity index (χ3v) is 3.19. The third kappa shape index (κ3) is 7.37. The van der Waals surface area contributed by atoms with Gasteiger partial charge in [-0.05, 0) is 39.5 Å². The lowest BCUT2D eigenvalue weighted by atomic mass is 9.97. The molecule has 0 aliphatic heterocycles. The maximum Gasteiger partial charge on any atom is 0.237 e. The van der Waals surface area contributed by atoms with Crippen molar-refractivity contribution in [1.29, 1.82) is 0 Å². The minimum Gasteiger partial charge on any atom is -0.353 e. The molecular formula is C14H30N2O. The number of carbonyl (C=O) groups is 1. The lowest BCUT2D eigenvalue weighted by Crippen LogP contribution is -2.48. The van der Waals surface area contributed by atoms with Crippen LogP contribution in [0.2, 0.25) is 0 Å². The first-order valence-corrected chi connectivity index (χ1v) is 6.97. The summed E-state index contributed by atoms with van der Waals surface area (Å²) < 4.78 is 0. The quantitative estimate of drug-likeness (QED) is 0.687. The molecule has 0 radical (unpaired) electrons.